The molecule has 2 amide bonds. The Balaban J connectivity index is 1.41. The lowest BCUT2D eigenvalue weighted by Crippen LogP contribution is -2.44. The highest BCUT2D eigenvalue weighted by atomic mass is 32.1. The summed E-state index contributed by atoms with van der Waals surface area (Å²) in [6, 6.07) is 0.0453. The number of aryl methyl sites for hydroxylation is 1. The number of hydrogen-bond acceptors (Lipinski definition) is 4. The van der Waals surface area contributed by atoms with Crippen LogP contribution in [0.2, 0.25) is 0 Å². The van der Waals surface area contributed by atoms with Crippen LogP contribution in [0.4, 0.5) is 4.79 Å². The third kappa shape index (κ3) is 5.09. The number of hydrogen-bond donors (Lipinski definition) is 1. The topological polar surface area (TPSA) is 63.1 Å². The number of nitrogens with zero attached hydrogens (tertiary/aromatic N) is 4. The van der Waals surface area contributed by atoms with Crippen molar-refractivity contribution in [1.82, 2.24) is 25.0 Å². The van der Waals surface area contributed by atoms with E-state index in [1.807, 2.05) is 15.8 Å². The number of carbonyl (C=O) groups excluding carboxylic acids is 1. The van der Waals surface area contributed by atoms with Crippen molar-refractivity contribution in [2.75, 3.05) is 19.6 Å². The Bertz CT molecular complexity index is 753. The van der Waals surface area contributed by atoms with Crippen molar-refractivity contribution in [1.29, 1.82) is 0 Å². The minimum atomic E-state index is 0.0453. The molecule has 6 nitrogen and oxygen atoms in total. The first-order chi connectivity index (χ1) is 12.9. The SMILES string of the molecule is CCn1cc(C2CCN(C(=O)NCCc3csc(C(C)(C)C)n3)CC2)cn1. The Kier molecular flexibility index (Phi) is 6.19. The average molecular weight is 390 g/mol. The van der Waals surface area contributed by atoms with E-state index in [1.54, 1.807) is 11.3 Å². The molecular formula is C20H31N5OS. The van der Waals surface area contributed by atoms with E-state index in [2.05, 4.69) is 54.7 Å². The summed E-state index contributed by atoms with van der Waals surface area (Å²) in [4.78, 5) is 19.0. The molecule has 0 aromatic carbocycles. The number of urea groups is 1. The molecule has 0 radical (unpaired) electrons. The van der Waals surface area contributed by atoms with Gasteiger partial charge in [-0.15, -0.1) is 11.3 Å². The van der Waals surface area contributed by atoms with E-state index < -0.39 is 0 Å². The second-order valence-corrected chi connectivity index (χ2v) is 9.12. The molecule has 2 aromatic heterocycles. The van der Waals surface area contributed by atoms with Gasteiger partial charge < -0.3 is 10.2 Å². The highest BCUT2D eigenvalue weighted by Gasteiger charge is 2.24. The molecule has 1 N–H and O–H groups in total. The lowest BCUT2D eigenvalue weighted by atomic mass is 9.92. The van der Waals surface area contributed by atoms with Gasteiger partial charge in [-0.2, -0.15) is 5.10 Å². The van der Waals surface area contributed by atoms with Gasteiger partial charge in [-0.1, -0.05) is 20.8 Å². The summed E-state index contributed by atoms with van der Waals surface area (Å²) in [6.45, 7) is 11.8. The fourth-order valence-electron chi connectivity index (χ4n) is 3.35. The maximum Gasteiger partial charge on any atom is 0.317 e. The molecule has 0 bridgehead atoms. The number of likely N-dealkylation sites (tertiary alicyclic amines) is 1. The zero-order valence-corrected chi connectivity index (χ0v) is 17.7. The van der Waals surface area contributed by atoms with Gasteiger partial charge in [0, 0.05) is 49.6 Å². The van der Waals surface area contributed by atoms with Crippen molar-refractivity contribution >= 4 is 17.4 Å². The van der Waals surface area contributed by atoms with Crippen LogP contribution in [0, 0.1) is 0 Å². The van der Waals surface area contributed by atoms with Gasteiger partial charge in [0.2, 0.25) is 0 Å². The molecule has 0 spiro atoms. The van der Waals surface area contributed by atoms with Crippen LogP contribution in [0.3, 0.4) is 0 Å². The molecule has 1 aliphatic rings. The number of piperidine rings is 1. The van der Waals surface area contributed by atoms with Gasteiger partial charge in [0.05, 0.1) is 16.9 Å². The van der Waals surface area contributed by atoms with Crippen LogP contribution < -0.4 is 5.32 Å². The monoisotopic (exact) mass is 389 g/mol. The zero-order chi connectivity index (χ0) is 19.4. The summed E-state index contributed by atoms with van der Waals surface area (Å²) < 4.78 is 1.97. The second-order valence-electron chi connectivity index (χ2n) is 8.27. The lowest BCUT2D eigenvalue weighted by Gasteiger charge is -2.31. The summed E-state index contributed by atoms with van der Waals surface area (Å²) in [5, 5.41) is 10.7. The second kappa shape index (κ2) is 8.42. The van der Waals surface area contributed by atoms with E-state index in [9.17, 15) is 4.79 Å². The van der Waals surface area contributed by atoms with Crippen LogP contribution >= 0.6 is 11.3 Å². The van der Waals surface area contributed by atoms with Gasteiger partial charge in [0.1, 0.15) is 0 Å². The number of nitrogens with one attached hydrogen (secondary N) is 1. The molecule has 0 atom stereocenters. The summed E-state index contributed by atoms with van der Waals surface area (Å²) in [5.74, 6) is 0.514. The van der Waals surface area contributed by atoms with Gasteiger partial charge in [-0.05, 0) is 31.2 Å². The van der Waals surface area contributed by atoms with Crippen LogP contribution in [-0.2, 0) is 18.4 Å². The first-order valence-electron chi connectivity index (χ1n) is 9.87. The summed E-state index contributed by atoms with van der Waals surface area (Å²) in [7, 11) is 0. The zero-order valence-electron chi connectivity index (χ0n) is 16.9. The van der Waals surface area contributed by atoms with Crippen molar-refractivity contribution in [3.63, 3.8) is 0 Å². The van der Waals surface area contributed by atoms with Crippen LogP contribution in [0.1, 0.15) is 62.7 Å². The predicted octanol–water partition coefficient (Wildman–Crippen LogP) is 3.79. The van der Waals surface area contributed by atoms with E-state index >= 15 is 0 Å². The molecule has 3 heterocycles. The molecule has 1 saturated heterocycles. The Morgan fingerprint density at radius 1 is 1.33 bits per heavy atom. The Hall–Kier alpha value is -1.89. The molecule has 148 valence electrons. The highest BCUT2D eigenvalue weighted by molar-refractivity contribution is 7.09. The smallest absolute Gasteiger partial charge is 0.317 e. The third-order valence-corrected chi connectivity index (χ3v) is 6.40. The number of amides is 2. The molecule has 0 saturated carbocycles. The van der Waals surface area contributed by atoms with Crippen molar-refractivity contribution in [3.8, 4) is 0 Å². The third-order valence-electron chi connectivity index (χ3n) is 5.08. The first-order valence-corrected chi connectivity index (χ1v) is 10.7. The summed E-state index contributed by atoms with van der Waals surface area (Å²) >= 11 is 1.70. The number of aromatic nitrogens is 3. The molecule has 0 aliphatic carbocycles. The molecule has 3 rings (SSSR count). The van der Waals surface area contributed by atoms with Gasteiger partial charge in [-0.3, -0.25) is 4.68 Å². The molecule has 27 heavy (non-hydrogen) atoms. The van der Waals surface area contributed by atoms with Gasteiger partial charge >= 0.3 is 6.03 Å². The quantitative estimate of drug-likeness (QED) is 0.846. The largest absolute Gasteiger partial charge is 0.338 e. The van der Waals surface area contributed by atoms with Gasteiger partial charge in [0.25, 0.3) is 0 Å². The molecular weight excluding hydrogens is 358 g/mol. The van der Waals surface area contributed by atoms with Crippen LogP contribution in [0.15, 0.2) is 17.8 Å². The Labute approximate surface area is 166 Å². The average Bonchev–Trinajstić information content (AvgIpc) is 3.31. The Morgan fingerprint density at radius 2 is 2.07 bits per heavy atom. The number of carbonyl (C=O) groups is 1. The summed E-state index contributed by atoms with van der Waals surface area (Å²) in [5.41, 5.74) is 2.45. The molecule has 0 unspecified atom stereocenters. The van der Waals surface area contributed by atoms with Crippen LogP contribution in [0.25, 0.3) is 0 Å². The minimum Gasteiger partial charge on any atom is -0.338 e. The fourth-order valence-corrected chi connectivity index (χ4v) is 4.30. The van der Waals surface area contributed by atoms with E-state index in [-0.39, 0.29) is 11.4 Å². The molecule has 1 aliphatic heterocycles. The van der Waals surface area contributed by atoms with Crippen molar-refractivity contribution in [3.05, 3.63) is 34.0 Å². The first kappa shape index (κ1) is 19.9. The standard InChI is InChI=1S/C20H31N5OS/c1-5-25-13-16(12-22-25)15-7-10-24(11-8-15)19(26)21-9-6-17-14-27-18(23-17)20(2,3)4/h12-15H,5-11H2,1-4H3,(H,21,26). The van der Waals surface area contributed by atoms with E-state index in [0.717, 1.165) is 49.6 Å². The maximum absolute atomic E-state index is 12.4. The van der Waals surface area contributed by atoms with Crippen molar-refractivity contribution in [2.24, 2.45) is 0 Å². The molecule has 7 heteroatoms. The van der Waals surface area contributed by atoms with Crippen molar-refractivity contribution < 1.29 is 4.79 Å². The van der Waals surface area contributed by atoms with Gasteiger partial charge in [-0.25, -0.2) is 9.78 Å². The lowest BCUT2D eigenvalue weighted by molar-refractivity contribution is 0.181. The fraction of sp³-hybridized carbons (Fsp3) is 0.650. The number of rotatable bonds is 5. The molecule has 2 aromatic rings. The minimum absolute atomic E-state index is 0.0453. The Morgan fingerprint density at radius 3 is 2.67 bits per heavy atom. The van der Waals surface area contributed by atoms with Crippen molar-refractivity contribution in [2.45, 2.75) is 64.8 Å². The predicted molar refractivity (Wildman–Crippen MR) is 109 cm³/mol. The maximum atomic E-state index is 12.4. The highest BCUT2D eigenvalue weighted by Crippen LogP contribution is 2.28. The molecule has 1 fully saturated rings. The van der Waals surface area contributed by atoms with E-state index in [1.165, 1.54) is 5.56 Å². The number of thiazole rings is 1. The van der Waals surface area contributed by atoms with Crippen LogP contribution in [0.5, 0.6) is 0 Å². The normalized spacial score (nSPS) is 15.9. The van der Waals surface area contributed by atoms with Gasteiger partial charge in [0.15, 0.2) is 0 Å². The van der Waals surface area contributed by atoms with Crippen LogP contribution in [-0.4, -0.2) is 45.3 Å². The summed E-state index contributed by atoms with van der Waals surface area (Å²) in [6.07, 6.45) is 6.91. The van der Waals surface area contributed by atoms with E-state index in [0.29, 0.717) is 12.5 Å². The van der Waals surface area contributed by atoms with E-state index in [4.69, 9.17) is 0 Å².